The van der Waals surface area contributed by atoms with E-state index in [1.165, 1.54) is 25.1 Å². The normalized spacial score (nSPS) is 14.1. The summed E-state index contributed by atoms with van der Waals surface area (Å²) in [5.74, 6) is -1.72. The first-order valence-corrected chi connectivity index (χ1v) is 5.54. The zero-order valence-corrected chi connectivity index (χ0v) is 10.4. The van der Waals surface area contributed by atoms with E-state index in [1.807, 2.05) is 0 Å². The van der Waals surface area contributed by atoms with Crippen LogP contribution < -0.4 is 0 Å². The Labute approximate surface area is 108 Å². The number of halogens is 2. The molecule has 0 saturated carbocycles. The molecule has 0 aliphatic rings. The SMILES string of the molecule is CC(Cl)C(=O)c1ccc(C(O)C(=O)O)c(Cl)c1. The predicted molar refractivity (Wildman–Crippen MR) is 63.7 cm³/mol. The highest BCUT2D eigenvalue weighted by Crippen LogP contribution is 2.25. The van der Waals surface area contributed by atoms with Crippen molar-refractivity contribution in [2.24, 2.45) is 0 Å². The third kappa shape index (κ3) is 3.19. The monoisotopic (exact) mass is 276 g/mol. The van der Waals surface area contributed by atoms with E-state index in [2.05, 4.69) is 0 Å². The maximum absolute atomic E-state index is 11.5. The summed E-state index contributed by atoms with van der Waals surface area (Å²) in [6, 6.07) is 3.98. The molecule has 0 aliphatic heterocycles. The van der Waals surface area contributed by atoms with Crippen molar-refractivity contribution in [1.29, 1.82) is 0 Å². The Morgan fingerprint density at radius 3 is 2.35 bits per heavy atom. The summed E-state index contributed by atoms with van der Waals surface area (Å²) in [6.45, 7) is 1.53. The molecule has 1 aromatic carbocycles. The largest absolute Gasteiger partial charge is 0.479 e. The van der Waals surface area contributed by atoms with Crippen molar-refractivity contribution in [2.75, 3.05) is 0 Å². The first-order chi connectivity index (χ1) is 7.84. The maximum Gasteiger partial charge on any atom is 0.337 e. The summed E-state index contributed by atoms with van der Waals surface area (Å²) in [7, 11) is 0. The lowest BCUT2D eigenvalue weighted by Gasteiger charge is -2.10. The number of aliphatic hydroxyl groups excluding tert-OH is 1. The van der Waals surface area contributed by atoms with Crippen LogP contribution in [0.1, 0.15) is 28.9 Å². The number of benzene rings is 1. The minimum absolute atomic E-state index is 0.0167. The van der Waals surface area contributed by atoms with E-state index in [0.717, 1.165) is 0 Å². The molecule has 0 aromatic heterocycles. The number of hydrogen-bond acceptors (Lipinski definition) is 3. The molecular weight excluding hydrogens is 267 g/mol. The van der Waals surface area contributed by atoms with Crippen LogP contribution in [-0.4, -0.2) is 27.3 Å². The van der Waals surface area contributed by atoms with Gasteiger partial charge in [0, 0.05) is 16.1 Å². The van der Waals surface area contributed by atoms with Crippen molar-refractivity contribution in [1.82, 2.24) is 0 Å². The quantitative estimate of drug-likeness (QED) is 0.654. The molecule has 1 rings (SSSR count). The Balaban J connectivity index is 3.10. The van der Waals surface area contributed by atoms with Crippen LogP contribution in [0, 0.1) is 0 Å². The highest BCUT2D eigenvalue weighted by molar-refractivity contribution is 6.35. The Morgan fingerprint density at radius 1 is 1.35 bits per heavy atom. The van der Waals surface area contributed by atoms with E-state index in [1.54, 1.807) is 0 Å². The van der Waals surface area contributed by atoms with Gasteiger partial charge in [0.25, 0.3) is 0 Å². The molecule has 2 atom stereocenters. The van der Waals surface area contributed by atoms with Gasteiger partial charge in [-0.1, -0.05) is 23.7 Å². The van der Waals surface area contributed by atoms with Crippen molar-refractivity contribution < 1.29 is 19.8 Å². The van der Waals surface area contributed by atoms with Gasteiger partial charge in [-0.2, -0.15) is 0 Å². The van der Waals surface area contributed by atoms with Gasteiger partial charge in [-0.25, -0.2) is 4.79 Å². The van der Waals surface area contributed by atoms with Crippen molar-refractivity contribution >= 4 is 35.0 Å². The molecular formula is C11H10Cl2O4. The second-order valence-corrected chi connectivity index (χ2v) is 4.52. The summed E-state index contributed by atoms with van der Waals surface area (Å²) >= 11 is 11.4. The van der Waals surface area contributed by atoms with Gasteiger partial charge in [-0.3, -0.25) is 4.79 Å². The van der Waals surface area contributed by atoms with Gasteiger partial charge < -0.3 is 10.2 Å². The molecule has 0 aliphatic carbocycles. The number of hydrogen-bond donors (Lipinski definition) is 2. The van der Waals surface area contributed by atoms with Gasteiger partial charge in [-0.15, -0.1) is 11.6 Å². The van der Waals surface area contributed by atoms with Crippen LogP contribution in [0.15, 0.2) is 18.2 Å². The maximum atomic E-state index is 11.5. The fraction of sp³-hybridized carbons (Fsp3) is 0.273. The molecule has 92 valence electrons. The van der Waals surface area contributed by atoms with Crippen molar-refractivity contribution in [3.05, 3.63) is 34.3 Å². The van der Waals surface area contributed by atoms with Gasteiger partial charge >= 0.3 is 5.97 Å². The zero-order chi connectivity index (χ0) is 13.2. The van der Waals surface area contributed by atoms with Gasteiger partial charge in [0.1, 0.15) is 0 Å². The first kappa shape index (κ1) is 14.0. The van der Waals surface area contributed by atoms with Gasteiger partial charge in [0.05, 0.1) is 5.38 Å². The number of carboxylic acids is 1. The third-order valence-electron chi connectivity index (χ3n) is 2.17. The van der Waals surface area contributed by atoms with Gasteiger partial charge in [0.2, 0.25) is 0 Å². The lowest BCUT2D eigenvalue weighted by atomic mass is 10.0. The Morgan fingerprint density at radius 2 is 1.94 bits per heavy atom. The number of aliphatic carboxylic acids is 1. The molecule has 4 nitrogen and oxygen atoms in total. The first-order valence-electron chi connectivity index (χ1n) is 4.73. The van der Waals surface area contributed by atoms with Crippen LogP contribution in [0.25, 0.3) is 0 Å². The van der Waals surface area contributed by atoms with Crippen LogP contribution in [-0.2, 0) is 4.79 Å². The topological polar surface area (TPSA) is 74.6 Å². The molecule has 0 heterocycles. The molecule has 0 radical (unpaired) electrons. The Hall–Kier alpha value is -1.10. The third-order valence-corrected chi connectivity index (χ3v) is 2.70. The molecule has 0 amide bonds. The summed E-state index contributed by atoms with van der Waals surface area (Å²) in [4.78, 5) is 22.1. The van der Waals surface area contributed by atoms with Crippen molar-refractivity contribution in [3.63, 3.8) is 0 Å². The van der Waals surface area contributed by atoms with E-state index in [-0.39, 0.29) is 21.9 Å². The highest BCUT2D eigenvalue weighted by Gasteiger charge is 2.21. The standard InChI is InChI=1S/C11H10Cl2O4/c1-5(12)9(14)6-2-3-7(8(13)4-6)10(15)11(16)17/h2-5,10,15H,1H3,(H,16,17). The molecule has 17 heavy (non-hydrogen) atoms. The molecule has 1 aromatic rings. The molecule has 0 saturated heterocycles. The van der Waals surface area contributed by atoms with Crippen LogP contribution in [0.2, 0.25) is 5.02 Å². The molecule has 0 bridgehead atoms. The van der Waals surface area contributed by atoms with Gasteiger partial charge in [0.15, 0.2) is 11.9 Å². The van der Waals surface area contributed by atoms with Crippen molar-refractivity contribution in [2.45, 2.75) is 18.4 Å². The van der Waals surface area contributed by atoms with E-state index in [4.69, 9.17) is 28.3 Å². The summed E-state index contributed by atoms with van der Waals surface area (Å²) < 4.78 is 0. The lowest BCUT2D eigenvalue weighted by molar-refractivity contribution is -0.146. The second kappa shape index (κ2) is 5.49. The number of carboxylic acid groups (broad SMARTS) is 1. The number of Topliss-reactive ketones (excluding diaryl/α,β-unsaturated/α-hetero) is 1. The number of ketones is 1. The van der Waals surface area contributed by atoms with Crippen LogP contribution in [0.3, 0.4) is 0 Å². The summed E-state index contributed by atoms with van der Waals surface area (Å²) in [5.41, 5.74) is 0.316. The number of carbonyl (C=O) groups excluding carboxylic acids is 1. The van der Waals surface area contributed by atoms with Crippen LogP contribution in [0.4, 0.5) is 0 Å². The lowest BCUT2D eigenvalue weighted by Crippen LogP contribution is -2.13. The average Bonchev–Trinajstić information content (AvgIpc) is 2.26. The van der Waals surface area contributed by atoms with E-state index >= 15 is 0 Å². The average molecular weight is 277 g/mol. The minimum Gasteiger partial charge on any atom is -0.479 e. The second-order valence-electron chi connectivity index (χ2n) is 3.46. The van der Waals surface area contributed by atoms with E-state index in [9.17, 15) is 14.7 Å². The number of alkyl halides is 1. The Bertz CT molecular complexity index is 457. The number of aliphatic hydroxyl groups is 1. The van der Waals surface area contributed by atoms with E-state index in [0.29, 0.717) is 0 Å². The zero-order valence-electron chi connectivity index (χ0n) is 8.85. The van der Waals surface area contributed by atoms with Crippen molar-refractivity contribution in [3.8, 4) is 0 Å². The Kier molecular flexibility index (Phi) is 4.51. The minimum atomic E-state index is -1.71. The smallest absolute Gasteiger partial charge is 0.337 e. The summed E-state index contributed by atoms with van der Waals surface area (Å²) in [6.07, 6.45) is -1.71. The molecule has 2 N–H and O–H groups in total. The molecule has 6 heteroatoms. The number of carbonyl (C=O) groups is 2. The molecule has 0 spiro atoms. The molecule has 0 fully saturated rings. The fourth-order valence-electron chi connectivity index (χ4n) is 1.26. The predicted octanol–water partition coefficient (Wildman–Crippen LogP) is 2.27. The highest BCUT2D eigenvalue weighted by atomic mass is 35.5. The number of rotatable bonds is 4. The fourth-order valence-corrected chi connectivity index (χ4v) is 1.67. The summed E-state index contributed by atoms with van der Waals surface area (Å²) in [5, 5.41) is 17.3. The van der Waals surface area contributed by atoms with Crippen LogP contribution in [0.5, 0.6) is 0 Å². The molecule has 2 unspecified atom stereocenters. The van der Waals surface area contributed by atoms with Gasteiger partial charge in [-0.05, 0) is 13.0 Å². The van der Waals surface area contributed by atoms with Crippen LogP contribution >= 0.6 is 23.2 Å². The van der Waals surface area contributed by atoms with E-state index < -0.39 is 17.5 Å².